The predicted octanol–water partition coefficient (Wildman–Crippen LogP) is 2.55. The van der Waals surface area contributed by atoms with E-state index in [9.17, 15) is 4.79 Å². The van der Waals surface area contributed by atoms with Crippen molar-refractivity contribution in [3.8, 4) is 0 Å². The maximum atomic E-state index is 12.5. The number of amides is 1. The first-order chi connectivity index (χ1) is 13.2. The number of hydrogen-bond donors (Lipinski definition) is 1. The van der Waals surface area contributed by atoms with Crippen LogP contribution in [0, 0.1) is 6.92 Å². The second kappa shape index (κ2) is 8.03. The number of nitrogens with one attached hydrogen (secondary N) is 1. The highest BCUT2D eigenvalue weighted by atomic mass is 32.1. The molecule has 3 aromatic rings. The van der Waals surface area contributed by atoms with Crippen LogP contribution in [0.2, 0.25) is 0 Å². The monoisotopic (exact) mass is 378 g/mol. The van der Waals surface area contributed by atoms with Gasteiger partial charge in [-0.2, -0.15) is 0 Å². The second-order valence-electron chi connectivity index (χ2n) is 7.02. The molecular weight excluding hydrogens is 354 g/mol. The molecule has 0 radical (unpaired) electrons. The Hall–Kier alpha value is -2.50. The van der Waals surface area contributed by atoms with Crippen LogP contribution in [0.3, 0.4) is 0 Å². The average molecular weight is 379 g/mol. The Balaban J connectivity index is 1.31. The summed E-state index contributed by atoms with van der Waals surface area (Å²) in [5.41, 5.74) is 3.38. The van der Waals surface area contributed by atoms with Crippen molar-refractivity contribution in [3.63, 3.8) is 0 Å². The first-order valence-corrected chi connectivity index (χ1v) is 10.2. The van der Waals surface area contributed by atoms with Crippen LogP contribution in [0.4, 0.5) is 0 Å². The van der Waals surface area contributed by atoms with E-state index in [1.54, 1.807) is 17.4 Å². The van der Waals surface area contributed by atoms with Crippen LogP contribution >= 0.6 is 11.3 Å². The summed E-state index contributed by atoms with van der Waals surface area (Å²) in [5.74, 6) is 0.109. The van der Waals surface area contributed by atoms with Gasteiger partial charge in [-0.05, 0) is 36.3 Å². The molecule has 0 atom stereocenters. The van der Waals surface area contributed by atoms with E-state index in [1.165, 1.54) is 20.2 Å². The van der Waals surface area contributed by atoms with Gasteiger partial charge in [0.2, 0.25) is 5.91 Å². The van der Waals surface area contributed by atoms with E-state index < -0.39 is 0 Å². The summed E-state index contributed by atoms with van der Waals surface area (Å²) in [6.45, 7) is 6.56. The van der Waals surface area contributed by atoms with Crippen molar-refractivity contribution >= 4 is 33.5 Å². The van der Waals surface area contributed by atoms with Crippen LogP contribution in [0.15, 0.2) is 54.6 Å². The van der Waals surface area contributed by atoms with Gasteiger partial charge in [-0.25, -0.2) is 4.98 Å². The molecule has 0 unspecified atom stereocenters. The number of carbonyl (C=O) groups excluding carboxylic acids is 1. The normalized spacial score (nSPS) is 15.7. The Bertz CT molecular complexity index is 937. The molecule has 4 nitrogen and oxygen atoms in total. The Morgan fingerprint density at radius 2 is 1.89 bits per heavy atom. The number of benzene rings is 2. The third-order valence-corrected chi connectivity index (χ3v) is 6.15. The van der Waals surface area contributed by atoms with Crippen LogP contribution in [-0.4, -0.2) is 42.0 Å². The van der Waals surface area contributed by atoms with Crippen LogP contribution in [0.1, 0.15) is 16.1 Å². The molecule has 1 aromatic heterocycles. The highest BCUT2D eigenvalue weighted by molar-refractivity contribution is 7.18. The lowest BCUT2D eigenvalue weighted by molar-refractivity contribution is -0.917. The third kappa shape index (κ3) is 4.26. The summed E-state index contributed by atoms with van der Waals surface area (Å²) in [6.07, 6.45) is 3.64. The van der Waals surface area contributed by atoms with Crippen LogP contribution in [0.5, 0.6) is 0 Å². The van der Waals surface area contributed by atoms with Crippen LogP contribution in [0.25, 0.3) is 16.3 Å². The summed E-state index contributed by atoms with van der Waals surface area (Å²) >= 11 is 1.78. The van der Waals surface area contributed by atoms with Crippen molar-refractivity contribution in [1.29, 1.82) is 0 Å². The Morgan fingerprint density at radius 1 is 1.15 bits per heavy atom. The number of piperazine rings is 1. The highest BCUT2D eigenvalue weighted by Crippen LogP contribution is 2.20. The number of hydrogen-bond acceptors (Lipinski definition) is 3. The Labute approximate surface area is 163 Å². The van der Waals surface area contributed by atoms with Gasteiger partial charge in [-0.3, -0.25) is 4.79 Å². The third-order valence-electron chi connectivity index (χ3n) is 5.12. The predicted molar refractivity (Wildman–Crippen MR) is 111 cm³/mol. The van der Waals surface area contributed by atoms with Gasteiger partial charge in [0.15, 0.2) is 0 Å². The van der Waals surface area contributed by atoms with Crippen LogP contribution < -0.4 is 4.90 Å². The summed E-state index contributed by atoms with van der Waals surface area (Å²) in [4.78, 5) is 20.7. The Kier molecular flexibility index (Phi) is 5.32. The van der Waals surface area contributed by atoms with Crippen LogP contribution in [-0.2, 0) is 11.3 Å². The van der Waals surface area contributed by atoms with Crippen molar-refractivity contribution in [2.24, 2.45) is 0 Å². The molecule has 0 saturated carbocycles. The highest BCUT2D eigenvalue weighted by Gasteiger charge is 2.23. The molecule has 2 heterocycles. The fraction of sp³-hybridized carbons (Fsp3) is 0.273. The fourth-order valence-electron chi connectivity index (χ4n) is 3.47. The number of aryl methyl sites for hydroxylation is 1. The Morgan fingerprint density at radius 3 is 2.67 bits per heavy atom. The van der Waals surface area contributed by atoms with Crippen molar-refractivity contribution in [2.75, 3.05) is 26.2 Å². The largest absolute Gasteiger partial charge is 0.328 e. The van der Waals surface area contributed by atoms with Crippen molar-refractivity contribution in [3.05, 3.63) is 70.7 Å². The smallest absolute Gasteiger partial charge is 0.246 e. The van der Waals surface area contributed by atoms with Gasteiger partial charge in [0.25, 0.3) is 0 Å². The van der Waals surface area contributed by atoms with E-state index in [0.29, 0.717) is 0 Å². The molecular formula is C22H24N3OS+. The van der Waals surface area contributed by atoms with Crippen molar-refractivity contribution in [2.45, 2.75) is 13.5 Å². The van der Waals surface area contributed by atoms with Gasteiger partial charge in [0.1, 0.15) is 11.6 Å². The average Bonchev–Trinajstić information content (AvgIpc) is 3.10. The zero-order valence-corrected chi connectivity index (χ0v) is 16.3. The standard InChI is InChI=1S/C22H23N3OS/c1-17-6-2-3-7-18(17)10-11-22(26)25-14-12-24(13-15-25)16-21-23-19-8-4-5-9-20(19)27-21/h2-11H,12-16H2,1H3/p+1/b11-10+. The van der Waals surface area contributed by atoms with E-state index in [2.05, 4.69) is 31.2 Å². The molecule has 4 rings (SSSR count). The summed E-state index contributed by atoms with van der Waals surface area (Å²) < 4.78 is 1.25. The van der Waals surface area contributed by atoms with Gasteiger partial charge in [-0.15, -0.1) is 11.3 Å². The molecule has 1 fully saturated rings. The number of quaternary nitrogens is 1. The summed E-state index contributed by atoms with van der Waals surface area (Å²) in [7, 11) is 0. The lowest BCUT2D eigenvalue weighted by Gasteiger charge is -2.31. The molecule has 1 saturated heterocycles. The second-order valence-corrected chi connectivity index (χ2v) is 8.13. The molecule has 0 aliphatic carbocycles. The SMILES string of the molecule is Cc1ccccc1/C=C/C(=O)N1CC[NH+](Cc2nc3ccccc3s2)CC1. The van der Waals surface area contributed by atoms with E-state index in [-0.39, 0.29) is 5.91 Å². The zero-order valence-electron chi connectivity index (χ0n) is 15.5. The number of carbonyl (C=O) groups is 1. The zero-order chi connectivity index (χ0) is 18.6. The first-order valence-electron chi connectivity index (χ1n) is 9.40. The molecule has 2 aromatic carbocycles. The van der Waals surface area contributed by atoms with Gasteiger partial charge in [0, 0.05) is 6.08 Å². The van der Waals surface area contributed by atoms with Crippen molar-refractivity contribution < 1.29 is 9.69 Å². The number of nitrogens with zero attached hydrogens (tertiary/aromatic N) is 2. The molecule has 1 aliphatic rings. The van der Waals surface area contributed by atoms with Gasteiger partial charge < -0.3 is 9.80 Å². The number of rotatable bonds is 4. The minimum absolute atomic E-state index is 0.109. The van der Waals surface area contributed by atoms with E-state index in [1.807, 2.05) is 35.2 Å². The van der Waals surface area contributed by atoms with Gasteiger partial charge >= 0.3 is 0 Å². The van der Waals surface area contributed by atoms with Gasteiger partial charge in [0.05, 0.1) is 36.4 Å². The molecule has 5 heteroatoms. The molecule has 1 N–H and O–H groups in total. The maximum absolute atomic E-state index is 12.5. The minimum atomic E-state index is 0.109. The lowest BCUT2D eigenvalue weighted by atomic mass is 10.1. The lowest BCUT2D eigenvalue weighted by Crippen LogP contribution is -3.13. The van der Waals surface area contributed by atoms with E-state index in [0.717, 1.165) is 43.8 Å². The maximum Gasteiger partial charge on any atom is 0.246 e. The van der Waals surface area contributed by atoms with E-state index >= 15 is 0 Å². The van der Waals surface area contributed by atoms with Crippen molar-refractivity contribution in [1.82, 2.24) is 9.88 Å². The number of thiazole rings is 1. The molecule has 27 heavy (non-hydrogen) atoms. The number of aromatic nitrogens is 1. The van der Waals surface area contributed by atoms with E-state index in [4.69, 9.17) is 4.98 Å². The molecule has 0 bridgehead atoms. The minimum Gasteiger partial charge on any atom is -0.328 e. The number of para-hydroxylation sites is 1. The topological polar surface area (TPSA) is 37.6 Å². The molecule has 1 aliphatic heterocycles. The summed E-state index contributed by atoms with van der Waals surface area (Å²) in [6, 6.07) is 16.4. The summed E-state index contributed by atoms with van der Waals surface area (Å²) in [5, 5.41) is 1.19. The molecule has 1 amide bonds. The molecule has 0 spiro atoms. The fourth-order valence-corrected chi connectivity index (χ4v) is 4.51. The molecule has 138 valence electrons. The van der Waals surface area contributed by atoms with Gasteiger partial charge in [-0.1, -0.05) is 36.4 Å². The number of fused-ring (bicyclic) bond motifs is 1. The first kappa shape index (κ1) is 17.9. The quantitative estimate of drug-likeness (QED) is 0.709.